The number of halogens is 1. The molecule has 0 saturated carbocycles. The number of nitrogens with zero attached hydrogens (tertiary/aromatic N) is 1. The predicted molar refractivity (Wildman–Crippen MR) is 95.2 cm³/mol. The molecule has 1 aromatic heterocycles. The van der Waals surface area contributed by atoms with E-state index in [2.05, 4.69) is 10.6 Å². The van der Waals surface area contributed by atoms with Crippen LogP contribution in [0.2, 0.25) is 0 Å². The molecule has 0 spiro atoms. The van der Waals surface area contributed by atoms with Gasteiger partial charge in [-0.1, -0.05) is 0 Å². The van der Waals surface area contributed by atoms with Gasteiger partial charge in [-0.05, 0) is 51.1 Å². The fourth-order valence-corrected chi connectivity index (χ4v) is 2.25. The number of carbonyl (C=O) groups is 1. The van der Waals surface area contributed by atoms with E-state index in [0.717, 1.165) is 0 Å². The first kappa shape index (κ1) is 18.8. The van der Waals surface area contributed by atoms with E-state index in [1.165, 1.54) is 19.3 Å². The molecule has 1 atom stereocenters. The minimum atomic E-state index is -1.34. The average Bonchev–Trinajstić information content (AvgIpc) is 3.08. The average molecular weight is 349 g/mol. The molecule has 136 valence electrons. The lowest BCUT2D eigenvalue weighted by Crippen LogP contribution is -2.40. The summed E-state index contributed by atoms with van der Waals surface area (Å²) >= 11 is 0. The van der Waals surface area contributed by atoms with Gasteiger partial charge in [-0.15, -0.1) is 0 Å². The van der Waals surface area contributed by atoms with Crippen LogP contribution in [-0.4, -0.2) is 30.8 Å². The highest BCUT2D eigenvalue weighted by Crippen LogP contribution is 2.23. The molecule has 6 nitrogen and oxygen atoms in total. The Hall–Kier alpha value is -2.54. The molecule has 0 saturated heterocycles. The first-order valence-corrected chi connectivity index (χ1v) is 8.04. The Morgan fingerprint density at radius 1 is 1.40 bits per heavy atom. The summed E-state index contributed by atoms with van der Waals surface area (Å²) in [4.78, 5) is 13.8. The van der Waals surface area contributed by atoms with Crippen molar-refractivity contribution >= 4 is 17.4 Å². The number of furan rings is 1. The highest BCUT2D eigenvalue weighted by Gasteiger charge is 2.26. The van der Waals surface area contributed by atoms with E-state index in [0.29, 0.717) is 17.1 Å². The van der Waals surface area contributed by atoms with Crippen molar-refractivity contribution < 1.29 is 18.7 Å². The molecule has 3 N–H and O–H groups in total. The van der Waals surface area contributed by atoms with Crippen LogP contribution in [0, 0.1) is 5.82 Å². The molecular formula is C18H24FN3O3. The smallest absolute Gasteiger partial charge is 0.319 e. The van der Waals surface area contributed by atoms with E-state index in [1.807, 2.05) is 13.8 Å². The van der Waals surface area contributed by atoms with Crippen LogP contribution in [-0.2, 0) is 5.60 Å². The molecule has 0 aliphatic carbocycles. The Bertz CT molecular complexity index is 714. The number of nitrogens with one attached hydrogen (secondary N) is 2. The lowest BCUT2D eigenvalue weighted by Gasteiger charge is -2.24. The van der Waals surface area contributed by atoms with Crippen LogP contribution >= 0.6 is 0 Å². The van der Waals surface area contributed by atoms with Crippen molar-refractivity contribution in [3.63, 3.8) is 0 Å². The largest absolute Gasteiger partial charge is 0.466 e. The third-order valence-electron chi connectivity index (χ3n) is 4.01. The van der Waals surface area contributed by atoms with Crippen LogP contribution in [0.5, 0.6) is 0 Å². The number of anilines is 2. The van der Waals surface area contributed by atoms with Gasteiger partial charge in [0, 0.05) is 18.8 Å². The monoisotopic (exact) mass is 349 g/mol. The number of hydrogen-bond donors (Lipinski definition) is 3. The SMILES string of the molecule is CC(C)N(C)c1ccc(NC(=O)NCC(C)(O)c2ccco2)cc1F. The lowest BCUT2D eigenvalue weighted by molar-refractivity contribution is 0.0372. The fourth-order valence-electron chi connectivity index (χ4n) is 2.25. The van der Waals surface area contributed by atoms with E-state index in [4.69, 9.17) is 4.42 Å². The summed E-state index contributed by atoms with van der Waals surface area (Å²) in [6.45, 7) is 5.40. The molecular weight excluding hydrogens is 325 g/mol. The zero-order valence-electron chi connectivity index (χ0n) is 14.8. The van der Waals surface area contributed by atoms with Gasteiger partial charge in [-0.25, -0.2) is 9.18 Å². The molecule has 2 amide bonds. The zero-order chi connectivity index (χ0) is 18.6. The second kappa shape index (κ2) is 7.57. The molecule has 2 aromatic rings. The van der Waals surface area contributed by atoms with Crippen molar-refractivity contribution in [2.45, 2.75) is 32.4 Å². The van der Waals surface area contributed by atoms with E-state index in [9.17, 15) is 14.3 Å². The third kappa shape index (κ3) is 4.73. The number of carbonyl (C=O) groups excluding carboxylic acids is 1. The first-order valence-electron chi connectivity index (χ1n) is 8.04. The highest BCUT2D eigenvalue weighted by molar-refractivity contribution is 5.89. The summed E-state index contributed by atoms with van der Waals surface area (Å²) in [6.07, 6.45) is 1.45. The molecule has 1 aromatic carbocycles. The summed E-state index contributed by atoms with van der Waals surface area (Å²) < 4.78 is 19.3. The van der Waals surface area contributed by atoms with Crippen molar-refractivity contribution in [1.82, 2.24) is 5.32 Å². The minimum Gasteiger partial charge on any atom is -0.466 e. The van der Waals surface area contributed by atoms with Crippen LogP contribution in [0.15, 0.2) is 41.0 Å². The Morgan fingerprint density at radius 3 is 2.68 bits per heavy atom. The zero-order valence-corrected chi connectivity index (χ0v) is 14.8. The van der Waals surface area contributed by atoms with Gasteiger partial charge in [-0.3, -0.25) is 0 Å². The Labute approximate surface area is 146 Å². The van der Waals surface area contributed by atoms with Crippen molar-refractivity contribution in [2.24, 2.45) is 0 Å². The summed E-state index contributed by atoms with van der Waals surface area (Å²) in [6, 6.07) is 7.39. The molecule has 1 unspecified atom stereocenters. The third-order valence-corrected chi connectivity index (χ3v) is 4.01. The number of hydrogen-bond acceptors (Lipinski definition) is 4. The summed E-state index contributed by atoms with van der Waals surface area (Å²) in [7, 11) is 1.81. The van der Waals surface area contributed by atoms with Gasteiger partial charge in [-0.2, -0.15) is 0 Å². The molecule has 2 rings (SSSR count). The summed E-state index contributed by atoms with van der Waals surface area (Å²) in [5, 5.41) is 15.4. The Kier molecular flexibility index (Phi) is 5.69. The van der Waals surface area contributed by atoms with Gasteiger partial charge in [0.1, 0.15) is 17.2 Å². The number of aliphatic hydroxyl groups is 1. The molecule has 7 heteroatoms. The standard InChI is InChI=1S/C18H24FN3O3/c1-12(2)22(4)15-8-7-13(10-14(15)19)21-17(23)20-11-18(3,24)16-6-5-9-25-16/h5-10,12,24H,11H2,1-4H3,(H2,20,21,23). The molecule has 1 heterocycles. The maximum absolute atomic E-state index is 14.2. The van der Waals surface area contributed by atoms with Crippen LogP contribution in [0.4, 0.5) is 20.6 Å². The second-order valence-corrected chi connectivity index (χ2v) is 6.43. The van der Waals surface area contributed by atoms with Crippen molar-refractivity contribution in [2.75, 3.05) is 23.8 Å². The van der Waals surface area contributed by atoms with E-state index < -0.39 is 17.4 Å². The quantitative estimate of drug-likeness (QED) is 0.748. The second-order valence-electron chi connectivity index (χ2n) is 6.43. The minimum absolute atomic E-state index is 0.0526. The summed E-state index contributed by atoms with van der Waals surface area (Å²) in [5.74, 6) is -0.0727. The van der Waals surface area contributed by atoms with Gasteiger partial charge >= 0.3 is 6.03 Å². The predicted octanol–water partition coefficient (Wildman–Crippen LogP) is 3.29. The van der Waals surface area contributed by atoms with Crippen LogP contribution < -0.4 is 15.5 Å². The van der Waals surface area contributed by atoms with Crippen LogP contribution in [0.1, 0.15) is 26.5 Å². The highest BCUT2D eigenvalue weighted by atomic mass is 19.1. The van der Waals surface area contributed by atoms with Crippen LogP contribution in [0.25, 0.3) is 0 Å². The Morgan fingerprint density at radius 2 is 2.12 bits per heavy atom. The number of benzene rings is 1. The Balaban J connectivity index is 1.96. The molecule has 0 aliphatic rings. The molecule has 0 bridgehead atoms. The lowest BCUT2D eigenvalue weighted by atomic mass is 10.0. The fraction of sp³-hybridized carbons (Fsp3) is 0.389. The number of rotatable bonds is 6. The van der Waals surface area contributed by atoms with Crippen LogP contribution in [0.3, 0.4) is 0 Å². The molecule has 0 aliphatic heterocycles. The maximum Gasteiger partial charge on any atom is 0.319 e. The van der Waals surface area contributed by atoms with E-state index >= 15 is 0 Å². The van der Waals surface area contributed by atoms with Crippen molar-refractivity contribution in [1.29, 1.82) is 0 Å². The molecule has 0 fully saturated rings. The van der Waals surface area contributed by atoms with E-state index in [1.54, 1.807) is 36.2 Å². The molecule has 25 heavy (non-hydrogen) atoms. The van der Waals surface area contributed by atoms with Crippen molar-refractivity contribution in [3.8, 4) is 0 Å². The molecule has 0 radical (unpaired) electrons. The maximum atomic E-state index is 14.2. The normalized spacial score (nSPS) is 13.4. The van der Waals surface area contributed by atoms with Gasteiger partial charge in [0.25, 0.3) is 0 Å². The van der Waals surface area contributed by atoms with Gasteiger partial charge in [0.05, 0.1) is 18.5 Å². The topological polar surface area (TPSA) is 77.7 Å². The number of urea groups is 1. The van der Waals surface area contributed by atoms with Crippen molar-refractivity contribution in [3.05, 3.63) is 48.2 Å². The first-order chi connectivity index (χ1) is 11.7. The number of amides is 2. The van der Waals surface area contributed by atoms with Gasteiger partial charge < -0.3 is 25.1 Å². The van der Waals surface area contributed by atoms with Gasteiger partial charge in [0.15, 0.2) is 0 Å². The van der Waals surface area contributed by atoms with Gasteiger partial charge in [0.2, 0.25) is 0 Å². The summed E-state index contributed by atoms with van der Waals surface area (Å²) in [5.41, 5.74) is -0.550. The van der Waals surface area contributed by atoms with E-state index in [-0.39, 0.29) is 12.6 Å².